The quantitative estimate of drug-likeness (QED) is 0.883. The van der Waals surface area contributed by atoms with Gasteiger partial charge >= 0.3 is 0 Å². The summed E-state index contributed by atoms with van der Waals surface area (Å²) in [6, 6.07) is 6.80. The van der Waals surface area contributed by atoms with Gasteiger partial charge in [-0.25, -0.2) is 0 Å². The highest BCUT2D eigenvalue weighted by molar-refractivity contribution is 6.31. The highest BCUT2D eigenvalue weighted by atomic mass is 35.5. The molecule has 1 saturated heterocycles. The summed E-state index contributed by atoms with van der Waals surface area (Å²) in [5, 5.41) is 12.0. The summed E-state index contributed by atoms with van der Waals surface area (Å²) in [7, 11) is 1.51. The van der Waals surface area contributed by atoms with E-state index in [2.05, 4.69) is 5.32 Å². The maximum absolute atomic E-state index is 12.3. The number of nitrogens with zero attached hydrogens (tertiary/aromatic N) is 2. The summed E-state index contributed by atoms with van der Waals surface area (Å²) in [5.41, 5.74) is 0.409. The van der Waals surface area contributed by atoms with E-state index >= 15 is 0 Å². The molecule has 1 aliphatic heterocycles. The first-order chi connectivity index (χ1) is 11.5. The van der Waals surface area contributed by atoms with Crippen molar-refractivity contribution in [1.29, 1.82) is 5.26 Å². The zero-order valence-electron chi connectivity index (χ0n) is 13.5. The number of nitrogens with one attached hydrogen (secondary N) is 1. The van der Waals surface area contributed by atoms with Crippen LogP contribution in [0.4, 0.5) is 0 Å². The van der Waals surface area contributed by atoms with Crippen molar-refractivity contribution < 1.29 is 14.3 Å². The fourth-order valence-corrected chi connectivity index (χ4v) is 2.93. The molecule has 1 aromatic carbocycles. The smallest absolute Gasteiger partial charge is 0.255 e. The summed E-state index contributed by atoms with van der Waals surface area (Å²) in [6.07, 6.45) is 1.55. The Morgan fingerprint density at radius 2 is 2.12 bits per heavy atom. The molecule has 1 fully saturated rings. The van der Waals surface area contributed by atoms with Gasteiger partial charge in [0.05, 0.1) is 18.7 Å². The first kappa shape index (κ1) is 18.1. The predicted octanol–water partition coefficient (Wildman–Crippen LogP) is 2.23. The first-order valence-corrected chi connectivity index (χ1v) is 8.19. The number of benzene rings is 1. The van der Waals surface area contributed by atoms with Crippen LogP contribution in [0.3, 0.4) is 0 Å². The molecule has 0 spiro atoms. The van der Waals surface area contributed by atoms with Crippen LogP contribution in [0, 0.1) is 17.2 Å². The molecule has 0 saturated carbocycles. The van der Waals surface area contributed by atoms with Crippen molar-refractivity contribution >= 4 is 23.4 Å². The fourth-order valence-electron chi connectivity index (χ4n) is 2.76. The molecule has 0 bridgehead atoms. The van der Waals surface area contributed by atoms with Gasteiger partial charge in [0, 0.05) is 24.7 Å². The normalized spacial score (nSPS) is 14.8. The van der Waals surface area contributed by atoms with Crippen molar-refractivity contribution in [2.75, 3.05) is 26.7 Å². The van der Waals surface area contributed by atoms with Gasteiger partial charge in [-0.1, -0.05) is 11.6 Å². The van der Waals surface area contributed by atoms with Crippen LogP contribution in [0.25, 0.3) is 0 Å². The summed E-state index contributed by atoms with van der Waals surface area (Å²) in [4.78, 5) is 25.7. The molecule has 0 radical (unpaired) electrons. The van der Waals surface area contributed by atoms with Gasteiger partial charge in [0.2, 0.25) is 5.91 Å². The Hall–Kier alpha value is -2.26. The van der Waals surface area contributed by atoms with Gasteiger partial charge in [-0.2, -0.15) is 5.26 Å². The van der Waals surface area contributed by atoms with Gasteiger partial charge in [0.1, 0.15) is 12.2 Å². The highest BCUT2D eigenvalue weighted by Crippen LogP contribution is 2.23. The van der Waals surface area contributed by atoms with Crippen molar-refractivity contribution in [3.8, 4) is 11.8 Å². The largest absolute Gasteiger partial charge is 0.496 e. The van der Waals surface area contributed by atoms with Gasteiger partial charge in [-0.15, -0.1) is 0 Å². The Labute approximate surface area is 146 Å². The van der Waals surface area contributed by atoms with E-state index in [0.717, 1.165) is 12.8 Å². The monoisotopic (exact) mass is 349 g/mol. The average Bonchev–Trinajstić information content (AvgIpc) is 2.60. The fraction of sp³-hybridized carbons (Fsp3) is 0.471. The second-order valence-electron chi connectivity index (χ2n) is 5.71. The van der Waals surface area contributed by atoms with Crippen LogP contribution in [0.15, 0.2) is 18.2 Å². The molecule has 6 nitrogen and oxygen atoms in total. The highest BCUT2D eigenvalue weighted by Gasteiger charge is 2.23. The molecule has 0 unspecified atom stereocenters. The molecular formula is C17H20ClN3O3. The van der Waals surface area contributed by atoms with E-state index in [1.807, 2.05) is 6.07 Å². The second kappa shape index (κ2) is 8.55. The Balaban J connectivity index is 1.85. The topological polar surface area (TPSA) is 82.4 Å². The lowest BCUT2D eigenvalue weighted by molar-refractivity contribution is -0.131. The molecule has 1 heterocycles. The molecule has 7 heteroatoms. The third kappa shape index (κ3) is 4.62. The van der Waals surface area contributed by atoms with E-state index in [0.29, 0.717) is 41.9 Å². The number of carbonyl (C=O) groups is 2. The van der Waals surface area contributed by atoms with Crippen molar-refractivity contribution in [3.05, 3.63) is 28.8 Å². The van der Waals surface area contributed by atoms with Crippen LogP contribution < -0.4 is 10.1 Å². The molecule has 2 amide bonds. The average molecular weight is 350 g/mol. The number of piperidine rings is 1. The molecule has 1 aliphatic rings. The van der Waals surface area contributed by atoms with E-state index in [1.54, 1.807) is 23.1 Å². The SMILES string of the molecule is COc1ccc(Cl)cc1C(=O)NCC1CCN(C(=O)CC#N)CC1. The Kier molecular flexibility index (Phi) is 6.44. The number of hydrogen-bond donors (Lipinski definition) is 1. The molecule has 2 rings (SSSR count). The van der Waals surface area contributed by atoms with Crippen molar-refractivity contribution in [2.24, 2.45) is 5.92 Å². The molecule has 0 atom stereocenters. The molecule has 1 N–H and O–H groups in total. The van der Waals surface area contributed by atoms with Crippen LogP contribution in [-0.4, -0.2) is 43.5 Å². The zero-order chi connectivity index (χ0) is 17.5. The van der Waals surface area contributed by atoms with E-state index in [4.69, 9.17) is 21.6 Å². The van der Waals surface area contributed by atoms with Crippen LogP contribution in [-0.2, 0) is 4.79 Å². The third-order valence-corrected chi connectivity index (χ3v) is 4.39. The van der Waals surface area contributed by atoms with E-state index in [9.17, 15) is 9.59 Å². The Morgan fingerprint density at radius 1 is 1.42 bits per heavy atom. The number of rotatable bonds is 5. The molecular weight excluding hydrogens is 330 g/mol. The number of amides is 2. The molecule has 0 aromatic heterocycles. The number of likely N-dealkylation sites (tertiary alicyclic amines) is 1. The standard InChI is InChI=1S/C17H20ClN3O3/c1-24-15-3-2-13(18)10-14(15)17(23)20-11-12-5-8-21(9-6-12)16(22)4-7-19/h2-3,10,12H,4-6,8-9,11H2,1H3,(H,20,23). The minimum atomic E-state index is -0.225. The lowest BCUT2D eigenvalue weighted by atomic mass is 9.96. The maximum Gasteiger partial charge on any atom is 0.255 e. The number of methoxy groups -OCH3 is 1. The molecule has 128 valence electrons. The second-order valence-corrected chi connectivity index (χ2v) is 6.15. The van der Waals surface area contributed by atoms with Crippen LogP contribution in [0.1, 0.15) is 29.6 Å². The number of hydrogen-bond acceptors (Lipinski definition) is 4. The first-order valence-electron chi connectivity index (χ1n) is 7.81. The summed E-state index contributed by atoms with van der Waals surface area (Å²) in [6.45, 7) is 1.79. The number of ether oxygens (including phenoxy) is 1. The van der Waals surface area contributed by atoms with Gasteiger partial charge < -0.3 is 15.0 Å². The van der Waals surface area contributed by atoms with E-state index < -0.39 is 0 Å². The summed E-state index contributed by atoms with van der Waals surface area (Å²) in [5.74, 6) is 0.445. The zero-order valence-corrected chi connectivity index (χ0v) is 14.3. The Morgan fingerprint density at radius 3 is 2.75 bits per heavy atom. The van der Waals surface area contributed by atoms with Crippen LogP contribution in [0.2, 0.25) is 5.02 Å². The van der Waals surface area contributed by atoms with Crippen molar-refractivity contribution in [2.45, 2.75) is 19.3 Å². The third-order valence-electron chi connectivity index (χ3n) is 4.15. The lowest BCUT2D eigenvalue weighted by Gasteiger charge is -2.31. The van der Waals surface area contributed by atoms with Crippen molar-refractivity contribution in [3.63, 3.8) is 0 Å². The van der Waals surface area contributed by atoms with Crippen molar-refractivity contribution in [1.82, 2.24) is 10.2 Å². The van der Waals surface area contributed by atoms with Gasteiger partial charge in [-0.3, -0.25) is 9.59 Å². The predicted molar refractivity (Wildman–Crippen MR) is 89.9 cm³/mol. The number of halogens is 1. The summed E-state index contributed by atoms with van der Waals surface area (Å²) >= 11 is 5.94. The van der Waals surface area contributed by atoms with Crippen LogP contribution in [0.5, 0.6) is 5.75 Å². The molecule has 24 heavy (non-hydrogen) atoms. The van der Waals surface area contributed by atoms with Gasteiger partial charge in [0.15, 0.2) is 0 Å². The Bertz CT molecular complexity index is 649. The number of carbonyl (C=O) groups excluding carboxylic acids is 2. The maximum atomic E-state index is 12.3. The van der Waals surface area contributed by atoms with E-state index in [1.165, 1.54) is 7.11 Å². The van der Waals surface area contributed by atoms with Gasteiger partial charge in [-0.05, 0) is 37.0 Å². The lowest BCUT2D eigenvalue weighted by Crippen LogP contribution is -2.41. The van der Waals surface area contributed by atoms with Crippen LogP contribution >= 0.6 is 11.6 Å². The van der Waals surface area contributed by atoms with E-state index in [-0.39, 0.29) is 18.2 Å². The number of nitriles is 1. The molecule has 0 aliphatic carbocycles. The summed E-state index contributed by atoms with van der Waals surface area (Å²) < 4.78 is 5.19. The molecule has 1 aromatic rings. The minimum Gasteiger partial charge on any atom is -0.496 e. The van der Waals surface area contributed by atoms with Gasteiger partial charge in [0.25, 0.3) is 5.91 Å². The minimum absolute atomic E-state index is 0.0734.